The number of carbonyl (C=O) groups is 1. The minimum Gasteiger partial charge on any atom is -0.462 e. The van der Waals surface area contributed by atoms with E-state index in [1.54, 1.807) is 0 Å². The molecule has 1 aromatic heterocycles. The van der Waals surface area contributed by atoms with Crippen LogP contribution in [0.4, 0.5) is 10.7 Å². The zero-order chi connectivity index (χ0) is 22.1. The second-order valence-electron chi connectivity index (χ2n) is 7.18. The number of esters is 1. The predicted octanol–water partition coefficient (Wildman–Crippen LogP) is 6.67. The normalized spacial score (nSPS) is 10.5. The summed E-state index contributed by atoms with van der Waals surface area (Å²) in [6, 6.07) is 20.3. The largest absolute Gasteiger partial charge is 0.462 e. The van der Waals surface area contributed by atoms with Gasteiger partial charge < -0.3 is 15.4 Å². The average molecular weight is 453 g/mol. The first kappa shape index (κ1) is 23.0. The highest BCUT2D eigenvalue weighted by molar-refractivity contribution is 7.80. The molecule has 162 valence electrons. The van der Waals surface area contributed by atoms with Crippen molar-refractivity contribution in [1.29, 1.82) is 0 Å². The van der Waals surface area contributed by atoms with Crippen molar-refractivity contribution in [1.82, 2.24) is 0 Å². The van der Waals surface area contributed by atoms with Crippen molar-refractivity contribution in [2.45, 2.75) is 39.5 Å². The molecule has 0 radical (unpaired) electrons. The second kappa shape index (κ2) is 11.6. The molecular weight excluding hydrogens is 424 g/mol. The molecule has 0 aliphatic heterocycles. The smallest absolute Gasteiger partial charge is 0.341 e. The third kappa shape index (κ3) is 6.64. The molecule has 0 aliphatic rings. The molecule has 0 amide bonds. The van der Waals surface area contributed by atoms with Gasteiger partial charge in [0.15, 0.2) is 5.11 Å². The maximum absolute atomic E-state index is 12.5. The molecular formula is C25H28N2O2S2. The maximum atomic E-state index is 12.5. The fraction of sp³-hybridized carbons (Fsp3) is 0.280. The molecule has 4 nitrogen and oxygen atoms in total. The summed E-state index contributed by atoms with van der Waals surface area (Å²) in [5.41, 5.74) is 3.93. The zero-order valence-electron chi connectivity index (χ0n) is 17.9. The quantitative estimate of drug-likeness (QED) is 0.281. The van der Waals surface area contributed by atoms with Gasteiger partial charge in [-0.3, -0.25) is 0 Å². The van der Waals surface area contributed by atoms with Gasteiger partial charge in [0.2, 0.25) is 0 Å². The Kier molecular flexibility index (Phi) is 8.62. The van der Waals surface area contributed by atoms with Gasteiger partial charge in [-0.1, -0.05) is 61.9 Å². The number of carbonyl (C=O) groups excluding carboxylic acids is 1. The number of hydrogen-bond acceptors (Lipinski definition) is 4. The minimum atomic E-state index is -0.341. The summed E-state index contributed by atoms with van der Waals surface area (Å²) in [5, 5.41) is 7.69. The van der Waals surface area contributed by atoms with Crippen LogP contribution in [0, 0.1) is 0 Å². The number of ether oxygens (including phenoxy) is 1. The molecule has 0 atom stereocenters. The van der Waals surface area contributed by atoms with E-state index in [0.717, 1.165) is 36.2 Å². The molecule has 0 saturated heterocycles. The van der Waals surface area contributed by atoms with Crippen LogP contribution in [-0.2, 0) is 17.6 Å². The Morgan fingerprint density at radius 2 is 1.77 bits per heavy atom. The fourth-order valence-corrected chi connectivity index (χ4v) is 4.62. The number of thiophene rings is 1. The van der Waals surface area contributed by atoms with Gasteiger partial charge in [0, 0.05) is 17.0 Å². The van der Waals surface area contributed by atoms with Gasteiger partial charge in [0.1, 0.15) is 5.00 Å². The summed E-state index contributed by atoms with van der Waals surface area (Å²) >= 11 is 7.10. The lowest BCUT2D eigenvalue weighted by Gasteiger charge is -2.14. The number of anilines is 2. The van der Waals surface area contributed by atoms with Crippen molar-refractivity contribution in [3.8, 4) is 0 Å². The van der Waals surface area contributed by atoms with Crippen molar-refractivity contribution in [3.63, 3.8) is 0 Å². The van der Waals surface area contributed by atoms with Crippen LogP contribution in [0.5, 0.6) is 0 Å². The van der Waals surface area contributed by atoms with Gasteiger partial charge in [-0.2, -0.15) is 0 Å². The van der Waals surface area contributed by atoms with E-state index in [9.17, 15) is 4.79 Å². The number of unbranched alkanes of at least 4 members (excludes halogenated alkanes) is 1. The SMILES string of the molecule is CCCCc1ccccc1NC(=S)Nc1sc(Cc2ccccc2)cc1C(=O)OCC. The monoisotopic (exact) mass is 452 g/mol. The van der Waals surface area contributed by atoms with Gasteiger partial charge in [-0.15, -0.1) is 11.3 Å². The number of benzene rings is 2. The van der Waals surface area contributed by atoms with E-state index < -0.39 is 0 Å². The predicted molar refractivity (Wildman–Crippen MR) is 134 cm³/mol. The van der Waals surface area contributed by atoms with Gasteiger partial charge in [0.25, 0.3) is 0 Å². The molecule has 0 unspecified atom stereocenters. The highest BCUT2D eigenvalue weighted by atomic mass is 32.1. The van der Waals surface area contributed by atoms with E-state index in [0.29, 0.717) is 22.3 Å². The Morgan fingerprint density at radius 3 is 2.52 bits per heavy atom. The molecule has 2 N–H and O–H groups in total. The van der Waals surface area contributed by atoms with Crippen molar-refractivity contribution in [2.75, 3.05) is 17.2 Å². The number of rotatable bonds is 9. The lowest BCUT2D eigenvalue weighted by atomic mass is 10.1. The van der Waals surface area contributed by atoms with Gasteiger partial charge in [-0.25, -0.2) is 4.79 Å². The Morgan fingerprint density at radius 1 is 1.03 bits per heavy atom. The lowest BCUT2D eigenvalue weighted by Crippen LogP contribution is -2.20. The summed E-state index contributed by atoms with van der Waals surface area (Å²) in [6.07, 6.45) is 4.01. The Hall–Kier alpha value is -2.70. The van der Waals surface area contributed by atoms with E-state index in [1.807, 2.05) is 49.4 Å². The average Bonchev–Trinajstić information content (AvgIpc) is 3.16. The second-order valence-corrected chi connectivity index (χ2v) is 8.72. The van der Waals surface area contributed by atoms with Crippen LogP contribution in [0.3, 0.4) is 0 Å². The Balaban J connectivity index is 1.77. The number of hydrogen-bond donors (Lipinski definition) is 2. The molecule has 0 bridgehead atoms. The first-order valence-electron chi connectivity index (χ1n) is 10.6. The number of aryl methyl sites for hydroxylation is 1. The topological polar surface area (TPSA) is 50.4 Å². The summed E-state index contributed by atoms with van der Waals surface area (Å²) in [7, 11) is 0. The first-order valence-corrected chi connectivity index (χ1v) is 11.8. The fourth-order valence-electron chi connectivity index (χ4n) is 3.26. The number of para-hydroxylation sites is 1. The highest BCUT2D eigenvalue weighted by Crippen LogP contribution is 2.31. The summed E-state index contributed by atoms with van der Waals surface area (Å²) in [6.45, 7) is 4.32. The highest BCUT2D eigenvalue weighted by Gasteiger charge is 2.18. The van der Waals surface area contributed by atoms with Crippen LogP contribution < -0.4 is 10.6 Å². The third-order valence-electron chi connectivity index (χ3n) is 4.79. The van der Waals surface area contributed by atoms with Crippen LogP contribution in [0.2, 0.25) is 0 Å². The molecule has 0 spiro atoms. The lowest BCUT2D eigenvalue weighted by molar-refractivity contribution is 0.0528. The number of thiocarbonyl (C=S) groups is 1. The molecule has 3 aromatic rings. The van der Waals surface area contributed by atoms with Gasteiger partial charge >= 0.3 is 5.97 Å². The van der Waals surface area contributed by atoms with E-state index in [-0.39, 0.29) is 5.97 Å². The van der Waals surface area contributed by atoms with E-state index in [4.69, 9.17) is 17.0 Å². The summed E-state index contributed by atoms with van der Waals surface area (Å²) in [5.74, 6) is -0.341. The molecule has 2 aromatic carbocycles. The molecule has 1 heterocycles. The Bertz CT molecular complexity index is 1020. The molecule has 3 rings (SSSR count). The Labute approximate surface area is 193 Å². The van der Waals surface area contributed by atoms with Crippen molar-refractivity contribution < 1.29 is 9.53 Å². The van der Waals surface area contributed by atoms with Crippen molar-refractivity contribution in [2.24, 2.45) is 0 Å². The third-order valence-corrected chi connectivity index (χ3v) is 6.05. The molecule has 0 fully saturated rings. The minimum absolute atomic E-state index is 0.329. The standard InChI is InChI=1S/C25H28N2O2S2/c1-3-5-13-19-14-9-10-15-22(19)26-25(30)27-23-21(24(28)29-4-2)17-20(31-23)16-18-11-7-6-8-12-18/h6-12,14-15,17H,3-5,13,16H2,1-2H3,(H2,26,27,30). The van der Waals surface area contributed by atoms with Crippen molar-refractivity contribution in [3.05, 3.63) is 82.2 Å². The van der Waals surface area contributed by atoms with Crippen LogP contribution in [0.25, 0.3) is 0 Å². The summed E-state index contributed by atoms with van der Waals surface area (Å²) < 4.78 is 5.26. The van der Waals surface area contributed by atoms with Crippen molar-refractivity contribution >= 4 is 45.3 Å². The van der Waals surface area contributed by atoms with Gasteiger partial charge in [-0.05, 0) is 55.2 Å². The van der Waals surface area contributed by atoms with E-state index in [2.05, 4.69) is 35.8 Å². The zero-order valence-corrected chi connectivity index (χ0v) is 19.6. The molecule has 6 heteroatoms. The van der Waals surface area contributed by atoms with Crippen LogP contribution in [0.1, 0.15) is 53.1 Å². The maximum Gasteiger partial charge on any atom is 0.341 e. The van der Waals surface area contributed by atoms with Crippen LogP contribution >= 0.6 is 23.6 Å². The molecule has 31 heavy (non-hydrogen) atoms. The van der Waals surface area contributed by atoms with Crippen LogP contribution in [0.15, 0.2) is 60.7 Å². The van der Waals surface area contributed by atoms with E-state index >= 15 is 0 Å². The van der Waals surface area contributed by atoms with Gasteiger partial charge in [0.05, 0.1) is 12.2 Å². The molecule has 0 aliphatic carbocycles. The first-order chi connectivity index (χ1) is 15.1. The van der Waals surface area contributed by atoms with Crippen LogP contribution in [-0.4, -0.2) is 17.7 Å². The molecule has 0 saturated carbocycles. The van der Waals surface area contributed by atoms with E-state index in [1.165, 1.54) is 22.5 Å². The summed E-state index contributed by atoms with van der Waals surface area (Å²) in [4.78, 5) is 13.6. The number of nitrogens with one attached hydrogen (secondary N) is 2.